The molecular weight excluding hydrogens is 517 g/mol. The molecule has 1 aromatic heterocycles. The van der Waals surface area contributed by atoms with Gasteiger partial charge in [-0.05, 0) is 55.2 Å². The second-order valence-corrected chi connectivity index (χ2v) is 9.95. The average Bonchev–Trinajstić information content (AvgIpc) is 3.31. The van der Waals surface area contributed by atoms with Gasteiger partial charge in [0.25, 0.3) is 5.91 Å². The molecule has 1 fully saturated rings. The second kappa shape index (κ2) is 12.0. The molecule has 3 N–H and O–H groups in total. The molecule has 40 heavy (non-hydrogen) atoms. The zero-order valence-corrected chi connectivity index (χ0v) is 22.4. The Balaban J connectivity index is 1.28. The van der Waals surface area contributed by atoms with Gasteiger partial charge in [-0.1, -0.05) is 12.1 Å². The Morgan fingerprint density at radius 3 is 2.77 bits per heavy atom. The van der Waals surface area contributed by atoms with Gasteiger partial charge in [-0.2, -0.15) is 0 Å². The largest absolute Gasteiger partial charge is 0.497 e. The number of aliphatic hydroxyl groups excluding tert-OH is 1. The van der Waals surface area contributed by atoms with Gasteiger partial charge in [0.15, 0.2) is 0 Å². The third-order valence-corrected chi connectivity index (χ3v) is 7.33. The summed E-state index contributed by atoms with van der Waals surface area (Å²) >= 11 is 0. The molecule has 2 atom stereocenters. The molecule has 11 heteroatoms. The van der Waals surface area contributed by atoms with Crippen molar-refractivity contribution in [2.45, 2.75) is 44.4 Å². The predicted octanol–water partition coefficient (Wildman–Crippen LogP) is 3.08. The van der Waals surface area contributed by atoms with Crippen LogP contribution in [0, 0.1) is 5.82 Å². The van der Waals surface area contributed by atoms with Crippen LogP contribution in [0.3, 0.4) is 0 Å². The van der Waals surface area contributed by atoms with Gasteiger partial charge in [0.05, 0.1) is 25.5 Å². The second-order valence-electron chi connectivity index (χ2n) is 9.95. The van der Waals surface area contributed by atoms with Gasteiger partial charge in [0.1, 0.15) is 17.6 Å². The van der Waals surface area contributed by atoms with Crippen molar-refractivity contribution in [1.82, 2.24) is 20.2 Å². The van der Waals surface area contributed by atoms with E-state index in [4.69, 9.17) is 9.47 Å². The number of aliphatic hydroxyl groups is 1. The maximum absolute atomic E-state index is 14.0. The summed E-state index contributed by atoms with van der Waals surface area (Å²) in [6, 6.07) is 9.89. The number of benzene rings is 2. The first kappa shape index (κ1) is 27.5. The monoisotopic (exact) mass is 549 g/mol. The van der Waals surface area contributed by atoms with Crippen LogP contribution in [0.1, 0.15) is 47.3 Å². The van der Waals surface area contributed by atoms with E-state index in [0.29, 0.717) is 36.0 Å². The molecule has 1 saturated heterocycles. The molecule has 10 nitrogen and oxygen atoms in total. The van der Waals surface area contributed by atoms with Crippen LogP contribution in [0.15, 0.2) is 48.7 Å². The van der Waals surface area contributed by atoms with Crippen LogP contribution in [-0.2, 0) is 16.1 Å². The van der Waals surface area contributed by atoms with Gasteiger partial charge in [-0.15, -0.1) is 0 Å². The van der Waals surface area contributed by atoms with Crippen LogP contribution in [0.25, 0.3) is 11.3 Å². The number of carbonyl (C=O) groups excluding carboxylic acids is 2. The number of nitrogens with zero attached hydrogens (tertiary/aromatic N) is 3. The normalized spacial score (nSPS) is 16.8. The molecule has 0 saturated carbocycles. The lowest BCUT2D eigenvalue weighted by atomic mass is 10.0. The average molecular weight is 550 g/mol. The molecule has 210 valence electrons. The number of nitrogens with one attached hydrogen (secondary N) is 2. The van der Waals surface area contributed by atoms with Crippen molar-refractivity contribution in [2.75, 3.05) is 32.2 Å². The lowest BCUT2D eigenvalue weighted by Gasteiger charge is -2.26. The Morgan fingerprint density at radius 1 is 1.23 bits per heavy atom. The fourth-order valence-corrected chi connectivity index (χ4v) is 4.98. The van der Waals surface area contributed by atoms with E-state index in [1.165, 1.54) is 24.1 Å². The molecule has 2 aliphatic heterocycles. The minimum absolute atomic E-state index is 0.250. The first-order valence-electron chi connectivity index (χ1n) is 13.2. The number of anilines is 1. The molecule has 0 unspecified atom stereocenters. The predicted molar refractivity (Wildman–Crippen MR) is 145 cm³/mol. The first-order chi connectivity index (χ1) is 19.4. The van der Waals surface area contributed by atoms with Gasteiger partial charge in [-0.3, -0.25) is 9.59 Å². The number of rotatable bonds is 9. The molecule has 0 spiro atoms. The number of carbonyl (C=O) groups is 2. The van der Waals surface area contributed by atoms with Crippen LogP contribution in [0.4, 0.5) is 10.3 Å². The highest BCUT2D eigenvalue weighted by molar-refractivity contribution is 6.02. The van der Waals surface area contributed by atoms with E-state index in [-0.39, 0.29) is 24.2 Å². The lowest BCUT2D eigenvalue weighted by Crippen LogP contribution is -2.46. The number of hydrogen-bond acceptors (Lipinski definition) is 8. The van der Waals surface area contributed by atoms with Crippen LogP contribution >= 0.6 is 0 Å². The van der Waals surface area contributed by atoms with Crippen LogP contribution in [0.2, 0.25) is 0 Å². The van der Waals surface area contributed by atoms with Crippen molar-refractivity contribution < 1.29 is 28.6 Å². The quantitative estimate of drug-likeness (QED) is 0.372. The van der Waals surface area contributed by atoms with Gasteiger partial charge in [-0.25, -0.2) is 14.4 Å². The summed E-state index contributed by atoms with van der Waals surface area (Å²) in [5.74, 6) is -0.499. The van der Waals surface area contributed by atoms with Gasteiger partial charge in [0.2, 0.25) is 11.9 Å². The summed E-state index contributed by atoms with van der Waals surface area (Å²) in [6.07, 6.45) is 3.46. The number of fused-ring (bicyclic) bond motifs is 1. The number of amides is 2. The third-order valence-electron chi connectivity index (χ3n) is 7.33. The van der Waals surface area contributed by atoms with Gasteiger partial charge < -0.3 is 30.1 Å². The van der Waals surface area contributed by atoms with Crippen molar-refractivity contribution >= 4 is 17.8 Å². The first-order valence-corrected chi connectivity index (χ1v) is 13.2. The Kier molecular flexibility index (Phi) is 8.22. The smallest absolute Gasteiger partial charge is 0.255 e. The standard InChI is InChI=1S/C29H32FN5O5/c1-17(27(37)33-26(16-36)20-11-21(30)14-23(12-20)39-2)35-15-19-4-3-18(13-24(19)28(35)38)25-5-8-31-29(34-25)32-22-6-9-40-10-7-22/h3-5,8,11-14,17,22,26,36H,6-7,9-10,15-16H2,1-2H3,(H,33,37)(H,31,32,34)/t17-,26-/m1/s1. The number of methoxy groups -OCH3 is 1. The van der Waals surface area contributed by atoms with E-state index >= 15 is 0 Å². The molecule has 3 heterocycles. The summed E-state index contributed by atoms with van der Waals surface area (Å²) in [7, 11) is 1.41. The van der Waals surface area contributed by atoms with Gasteiger partial charge in [0, 0.05) is 49.2 Å². The van der Waals surface area contributed by atoms with E-state index in [9.17, 15) is 19.1 Å². The highest BCUT2D eigenvalue weighted by Crippen LogP contribution is 2.30. The van der Waals surface area contributed by atoms with E-state index in [1.807, 2.05) is 12.1 Å². The van der Waals surface area contributed by atoms with E-state index in [1.54, 1.807) is 31.3 Å². The molecule has 5 rings (SSSR count). The van der Waals surface area contributed by atoms with E-state index < -0.39 is 30.4 Å². The topological polar surface area (TPSA) is 126 Å². The fourth-order valence-electron chi connectivity index (χ4n) is 4.98. The van der Waals surface area contributed by atoms with Crippen LogP contribution < -0.4 is 15.4 Å². The summed E-state index contributed by atoms with van der Waals surface area (Å²) in [6.45, 7) is 2.85. The van der Waals surface area contributed by atoms with Crippen molar-refractivity contribution in [3.05, 3.63) is 71.2 Å². The number of halogens is 1. The Bertz CT molecular complexity index is 1400. The van der Waals surface area contributed by atoms with Gasteiger partial charge >= 0.3 is 0 Å². The fraction of sp³-hybridized carbons (Fsp3) is 0.379. The number of ether oxygens (including phenoxy) is 2. The molecular formula is C29H32FN5O5. The molecule has 0 bridgehead atoms. The van der Waals surface area contributed by atoms with Crippen molar-refractivity contribution in [3.63, 3.8) is 0 Å². The van der Waals surface area contributed by atoms with Crippen molar-refractivity contribution in [1.29, 1.82) is 0 Å². The summed E-state index contributed by atoms with van der Waals surface area (Å²) in [5.41, 5.74) is 3.11. The van der Waals surface area contributed by atoms with E-state index in [2.05, 4.69) is 20.6 Å². The van der Waals surface area contributed by atoms with E-state index in [0.717, 1.165) is 24.0 Å². The molecule has 2 aliphatic rings. The highest BCUT2D eigenvalue weighted by Gasteiger charge is 2.35. The van der Waals surface area contributed by atoms with Crippen molar-refractivity contribution in [2.24, 2.45) is 0 Å². The maximum Gasteiger partial charge on any atom is 0.255 e. The highest BCUT2D eigenvalue weighted by atomic mass is 19.1. The molecule has 2 amide bonds. The SMILES string of the molecule is COc1cc(F)cc([C@@H](CO)NC(=O)[C@@H](C)N2Cc3ccc(-c4ccnc(NC5CCOCC5)n4)cc3C2=O)c1. The third kappa shape index (κ3) is 5.90. The lowest BCUT2D eigenvalue weighted by molar-refractivity contribution is -0.126. The summed E-state index contributed by atoms with van der Waals surface area (Å²) in [4.78, 5) is 37.0. The van der Waals surface area contributed by atoms with Crippen molar-refractivity contribution in [3.8, 4) is 17.0 Å². The molecule has 0 radical (unpaired) electrons. The molecule has 0 aliphatic carbocycles. The van der Waals surface area contributed by atoms with Crippen LogP contribution in [0.5, 0.6) is 5.75 Å². The Labute approximate surface area is 231 Å². The van der Waals surface area contributed by atoms with Crippen LogP contribution in [-0.4, -0.2) is 70.8 Å². The maximum atomic E-state index is 14.0. The zero-order chi connectivity index (χ0) is 28.2. The minimum Gasteiger partial charge on any atom is -0.497 e. The Hall–Kier alpha value is -4.09. The summed E-state index contributed by atoms with van der Waals surface area (Å²) in [5, 5.41) is 16.0. The molecule has 3 aromatic rings. The summed E-state index contributed by atoms with van der Waals surface area (Å²) < 4.78 is 24.5. The number of hydrogen-bond donors (Lipinski definition) is 3. The minimum atomic E-state index is -0.868. The number of aromatic nitrogens is 2. The molecule has 2 aromatic carbocycles. The zero-order valence-electron chi connectivity index (χ0n) is 22.4. The Morgan fingerprint density at radius 2 is 2.02 bits per heavy atom.